The number of carbonyl (C=O) groups excluding carboxylic acids is 2. The fraction of sp³-hybridized carbons (Fsp3) is 0.267. The summed E-state index contributed by atoms with van der Waals surface area (Å²) < 4.78 is 0. The van der Waals surface area contributed by atoms with Crippen molar-refractivity contribution >= 4 is 22.7 Å². The molecule has 1 N–H and O–H groups in total. The minimum absolute atomic E-state index is 0.120. The number of hydrogen-bond acceptors (Lipinski definition) is 3. The molecule has 2 heterocycles. The Morgan fingerprint density at radius 2 is 2.10 bits per heavy atom. The van der Waals surface area contributed by atoms with Crippen molar-refractivity contribution < 1.29 is 9.59 Å². The molecule has 1 fully saturated rings. The van der Waals surface area contributed by atoms with Crippen LogP contribution in [0.5, 0.6) is 0 Å². The Bertz CT molecular complexity index is 684. The van der Waals surface area contributed by atoms with Crippen molar-refractivity contribution in [3.63, 3.8) is 0 Å². The molecule has 3 rings (SSSR count). The highest BCUT2D eigenvalue weighted by atomic mass is 16.2. The standard InChI is InChI=1S/C15H15N3O2/c1-10-14(19)16-8-9-18(10)15(20)13-7-6-11-4-2-3-5-12(11)17-13/h2-7,10H,8-9H2,1H3,(H,16,19). The van der Waals surface area contributed by atoms with E-state index < -0.39 is 6.04 Å². The predicted octanol–water partition coefficient (Wildman–Crippen LogP) is 1.20. The van der Waals surface area contributed by atoms with Crippen molar-refractivity contribution in [2.75, 3.05) is 13.1 Å². The Kier molecular flexibility index (Phi) is 3.10. The third kappa shape index (κ3) is 2.11. The van der Waals surface area contributed by atoms with Crippen LogP contribution >= 0.6 is 0 Å². The maximum Gasteiger partial charge on any atom is 0.273 e. The van der Waals surface area contributed by atoms with E-state index in [9.17, 15) is 9.59 Å². The number of nitrogens with one attached hydrogen (secondary N) is 1. The number of hydrogen-bond donors (Lipinski definition) is 1. The lowest BCUT2D eigenvalue weighted by atomic mass is 10.1. The molecule has 102 valence electrons. The minimum atomic E-state index is -0.454. The van der Waals surface area contributed by atoms with E-state index in [0.29, 0.717) is 18.8 Å². The molecule has 0 saturated carbocycles. The average molecular weight is 269 g/mol. The van der Waals surface area contributed by atoms with E-state index in [0.717, 1.165) is 10.9 Å². The summed E-state index contributed by atoms with van der Waals surface area (Å²) in [5.41, 5.74) is 1.16. The van der Waals surface area contributed by atoms with Gasteiger partial charge >= 0.3 is 0 Å². The summed E-state index contributed by atoms with van der Waals surface area (Å²) in [6, 6.07) is 10.8. The number of pyridine rings is 1. The molecule has 2 aromatic rings. The summed E-state index contributed by atoms with van der Waals surface area (Å²) in [5.74, 6) is -0.316. The van der Waals surface area contributed by atoms with Crippen LogP contribution in [0.4, 0.5) is 0 Å². The molecular formula is C15H15N3O2. The van der Waals surface area contributed by atoms with Crippen LogP contribution in [0.1, 0.15) is 17.4 Å². The van der Waals surface area contributed by atoms with Crippen molar-refractivity contribution in [2.45, 2.75) is 13.0 Å². The van der Waals surface area contributed by atoms with Gasteiger partial charge in [0, 0.05) is 18.5 Å². The molecule has 20 heavy (non-hydrogen) atoms. The molecule has 1 unspecified atom stereocenters. The van der Waals surface area contributed by atoms with Crippen LogP contribution < -0.4 is 5.32 Å². The molecule has 5 nitrogen and oxygen atoms in total. The average Bonchev–Trinajstić information content (AvgIpc) is 2.49. The van der Waals surface area contributed by atoms with E-state index in [-0.39, 0.29) is 11.8 Å². The maximum absolute atomic E-state index is 12.5. The molecular weight excluding hydrogens is 254 g/mol. The SMILES string of the molecule is CC1C(=O)NCCN1C(=O)c1ccc2ccccc2n1. The van der Waals surface area contributed by atoms with E-state index in [1.54, 1.807) is 17.9 Å². The summed E-state index contributed by atoms with van der Waals surface area (Å²) in [6.07, 6.45) is 0. The van der Waals surface area contributed by atoms with Crippen LogP contribution in [-0.2, 0) is 4.79 Å². The molecule has 1 aromatic heterocycles. The zero-order chi connectivity index (χ0) is 14.1. The minimum Gasteiger partial charge on any atom is -0.353 e. The van der Waals surface area contributed by atoms with Gasteiger partial charge in [-0.25, -0.2) is 4.98 Å². The number of piperazine rings is 1. The van der Waals surface area contributed by atoms with Gasteiger partial charge in [-0.3, -0.25) is 9.59 Å². The van der Waals surface area contributed by atoms with Crippen molar-refractivity contribution in [2.24, 2.45) is 0 Å². The number of rotatable bonds is 1. The molecule has 5 heteroatoms. The lowest BCUT2D eigenvalue weighted by Gasteiger charge is -2.32. The lowest BCUT2D eigenvalue weighted by molar-refractivity contribution is -0.127. The molecule has 1 aliphatic rings. The predicted molar refractivity (Wildman–Crippen MR) is 75.3 cm³/mol. The molecule has 1 saturated heterocycles. The molecule has 1 aromatic carbocycles. The molecule has 0 radical (unpaired) electrons. The normalized spacial score (nSPS) is 18.9. The largest absolute Gasteiger partial charge is 0.353 e. The van der Waals surface area contributed by atoms with E-state index in [1.165, 1.54) is 0 Å². The second-order valence-electron chi connectivity index (χ2n) is 4.85. The Morgan fingerprint density at radius 3 is 2.95 bits per heavy atom. The Hall–Kier alpha value is -2.43. The third-order valence-corrected chi connectivity index (χ3v) is 3.58. The second-order valence-corrected chi connectivity index (χ2v) is 4.85. The molecule has 1 atom stereocenters. The number of benzene rings is 1. The lowest BCUT2D eigenvalue weighted by Crippen LogP contribution is -2.55. The smallest absolute Gasteiger partial charge is 0.273 e. The van der Waals surface area contributed by atoms with Crippen LogP contribution in [0.15, 0.2) is 36.4 Å². The number of para-hydroxylation sites is 1. The van der Waals surface area contributed by atoms with Crippen LogP contribution in [0.25, 0.3) is 10.9 Å². The first-order valence-electron chi connectivity index (χ1n) is 6.61. The fourth-order valence-electron chi connectivity index (χ4n) is 2.39. The van der Waals surface area contributed by atoms with E-state index in [4.69, 9.17) is 0 Å². The monoisotopic (exact) mass is 269 g/mol. The summed E-state index contributed by atoms with van der Waals surface area (Å²) in [7, 11) is 0. The Morgan fingerprint density at radius 1 is 1.30 bits per heavy atom. The van der Waals surface area contributed by atoms with Crippen LogP contribution in [-0.4, -0.2) is 40.8 Å². The van der Waals surface area contributed by atoms with Crippen LogP contribution in [0.2, 0.25) is 0 Å². The molecule has 1 aliphatic heterocycles. The highest BCUT2D eigenvalue weighted by Crippen LogP contribution is 2.15. The first-order chi connectivity index (χ1) is 9.66. The number of nitrogens with zero attached hydrogens (tertiary/aromatic N) is 2. The fourth-order valence-corrected chi connectivity index (χ4v) is 2.39. The van der Waals surface area contributed by atoms with Gasteiger partial charge in [0.1, 0.15) is 11.7 Å². The van der Waals surface area contributed by atoms with E-state index in [1.807, 2.05) is 30.3 Å². The first kappa shape index (κ1) is 12.6. The highest BCUT2D eigenvalue weighted by Gasteiger charge is 2.30. The van der Waals surface area contributed by atoms with Gasteiger partial charge in [0.2, 0.25) is 5.91 Å². The topological polar surface area (TPSA) is 62.3 Å². The number of aromatic nitrogens is 1. The third-order valence-electron chi connectivity index (χ3n) is 3.58. The zero-order valence-electron chi connectivity index (χ0n) is 11.2. The molecule has 0 bridgehead atoms. The van der Waals surface area contributed by atoms with Gasteiger partial charge in [-0.05, 0) is 19.1 Å². The van der Waals surface area contributed by atoms with Crippen LogP contribution in [0.3, 0.4) is 0 Å². The van der Waals surface area contributed by atoms with Gasteiger partial charge in [0.25, 0.3) is 5.91 Å². The van der Waals surface area contributed by atoms with E-state index in [2.05, 4.69) is 10.3 Å². The molecule has 0 aliphatic carbocycles. The summed E-state index contributed by atoms with van der Waals surface area (Å²) in [5, 5.41) is 3.74. The van der Waals surface area contributed by atoms with Gasteiger partial charge in [-0.1, -0.05) is 24.3 Å². The van der Waals surface area contributed by atoms with Gasteiger partial charge < -0.3 is 10.2 Å². The van der Waals surface area contributed by atoms with Gasteiger partial charge in [-0.15, -0.1) is 0 Å². The maximum atomic E-state index is 12.5. The summed E-state index contributed by atoms with van der Waals surface area (Å²) >= 11 is 0. The van der Waals surface area contributed by atoms with Crippen molar-refractivity contribution in [1.82, 2.24) is 15.2 Å². The van der Waals surface area contributed by atoms with Gasteiger partial charge in [0.05, 0.1) is 5.52 Å². The van der Waals surface area contributed by atoms with Crippen molar-refractivity contribution in [1.29, 1.82) is 0 Å². The van der Waals surface area contributed by atoms with Gasteiger partial charge in [-0.2, -0.15) is 0 Å². The molecule has 2 amide bonds. The number of carbonyl (C=O) groups is 2. The van der Waals surface area contributed by atoms with Crippen molar-refractivity contribution in [3.8, 4) is 0 Å². The summed E-state index contributed by atoms with van der Waals surface area (Å²) in [6.45, 7) is 2.73. The summed E-state index contributed by atoms with van der Waals surface area (Å²) in [4.78, 5) is 30.1. The first-order valence-corrected chi connectivity index (χ1v) is 6.61. The number of fused-ring (bicyclic) bond motifs is 1. The molecule has 0 spiro atoms. The zero-order valence-corrected chi connectivity index (χ0v) is 11.2. The van der Waals surface area contributed by atoms with Crippen molar-refractivity contribution in [3.05, 3.63) is 42.1 Å². The Labute approximate surface area is 116 Å². The second kappa shape index (κ2) is 4.92. The Balaban J connectivity index is 1.93. The highest BCUT2D eigenvalue weighted by molar-refractivity contribution is 5.98. The van der Waals surface area contributed by atoms with E-state index >= 15 is 0 Å². The number of amides is 2. The van der Waals surface area contributed by atoms with Gasteiger partial charge in [0.15, 0.2) is 0 Å². The quantitative estimate of drug-likeness (QED) is 0.846. The van der Waals surface area contributed by atoms with Crippen LogP contribution in [0, 0.1) is 0 Å².